The van der Waals surface area contributed by atoms with Crippen molar-refractivity contribution >= 4 is 11.6 Å². The number of halogens is 1. The van der Waals surface area contributed by atoms with Crippen LogP contribution in [0.25, 0.3) is 0 Å². The van der Waals surface area contributed by atoms with E-state index in [4.69, 9.17) is 22.2 Å². The van der Waals surface area contributed by atoms with E-state index < -0.39 is 0 Å². The molecule has 0 aromatic heterocycles. The summed E-state index contributed by atoms with van der Waals surface area (Å²) in [4.78, 5) is 0. The molecule has 1 rings (SSSR count). The summed E-state index contributed by atoms with van der Waals surface area (Å²) in [6.45, 7) is 3.71. The van der Waals surface area contributed by atoms with Gasteiger partial charge in [-0.15, -0.1) is 6.58 Å². The van der Waals surface area contributed by atoms with Crippen LogP contribution < -0.4 is 16.0 Å². The molecule has 0 fully saturated rings. The van der Waals surface area contributed by atoms with Crippen molar-refractivity contribution in [3.8, 4) is 5.75 Å². The number of ether oxygens (including phenoxy) is 1. The zero-order valence-electron chi connectivity index (χ0n) is 10.1. The number of hydrogen-bond acceptors (Lipinski definition) is 3. The van der Waals surface area contributed by atoms with E-state index in [0.29, 0.717) is 5.02 Å². The number of hydrogen-bond donors (Lipinski definition) is 2. The number of hydrazine groups is 1. The summed E-state index contributed by atoms with van der Waals surface area (Å²) in [7, 11) is 1.64. The Hall–Kier alpha value is -1.03. The molecule has 0 heterocycles. The third-order valence-electron chi connectivity index (χ3n) is 2.67. The molecule has 0 bridgehead atoms. The molecule has 17 heavy (non-hydrogen) atoms. The van der Waals surface area contributed by atoms with Crippen molar-refractivity contribution in [2.45, 2.75) is 25.3 Å². The number of methoxy groups -OCH3 is 1. The van der Waals surface area contributed by atoms with Crippen molar-refractivity contribution in [1.82, 2.24) is 5.43 Å². The van der Waals surface area contributed by atoms with Gasteiger partial charge in [-0.05, 0) is 37.5 Å². The predicted molar refractivity (Wildman–Crippen MR) is 72.1 cm³/mol. The van der Waals surface area contributed by atoms with Gasteiger partial charge in [0.2, 0.25) is 0 Å². The summed E-state index contributed by atoms with van der Waals surface area (Å²) in [5, 5.41) is 0.685. The molecule has 0 aliphatic rings. The smallest absolute Gasteiger partial charge is 0.123 e. The Kier molecular flexibility index (Phi) is 6.05. The maximum absolute atomic E-state index is 6.00. The van der Waals surface area contributed by atoms with Gasteiger partial charge in [-0.2, -0.15) is 0 Å². The average Bonchev–Trinajstić information content (AvgIpc) is 2.35. The lowest BCUT2D eigenvalue weighted by molar-refractivity contribution is 0.394. The third-order valence-corrected chi connectivity index (χ3v) is 2.90. The Bertz CT molecular complexity index is 368. The Morgan fingerprint density at radius 3 is 2.94 bits per heavy atom. The van der Waals surface area contributed by atoms with Gasteiger partial charge in [-0.3, -0.25) is 11.3 Å². The van der Waals surface area contributed by atoms with Crippen molar-refractivity contribution in [2.24, 2.45) is 5.84 Å². The van der Waals surface area contributed by atoms with Crippen LogP contribution in [0.3, 0.4) is 0 Å². The Labute approximate surface area is 108 Å². The number of rotatable bonds is 7. The standard InChI is InChI=1S/C13H19ClN2O/c1-3-4-5-6-12(16-15)11-9-10(14)7-8-13(11)17-2/h3,7-9,12,16H,1,4-6,15H2,2H3. The minimum Gasteiger partial charge on any atom is -0.496 e. The summed E-state index contributed by atoms with van der Waals surface area (Å²) < 4.78 is 5.32. The molecule has 0 amide bonds. The number of nitrogens with one attached hydrogen (secondary N) is 1. The molecule has 1 unspecified atom stereocenters. The first kappa shape index (κ1) is 14.0. The van der Waals surface area contributed by atoms with Crippen LogP contribution in [-0.4, -0.2) is 7.11 Å². The van der Waals surface area contributed by atoms with E-state index in [0.717, 1.165) is 30.6 Å². The molecule has 1 atom stereocenters. The average molecular weight is 255 g/mol. The molecule has 0 saturated heterocycles. The molecule has 0 aliphatic heterocycles. The molecule has 3 nitrogen and oxygen atoms in total. The summed E-state index contributed by atoms with van der Waals surface area (Å²) in [6, 6.07) is 5.60. The third kappa shape index (κ3) is 4.04. The van der Waals surface area contributed by atoms with Gasteiger partial charge in [0.15, 0.2) is 0 Å². The molecule has 94 valence electrons. The lowest BCUT2D eigenvalue weighted by atomic mass is 10.0. The maximum atomic E-state index is 6.00. The second-order valence-corrected chi connectivity index (χ2v) is 4.26. The van der Waals surface area contributed by atoms with Crippen molar-refractivity contribution in [1.29, 1.82) is 0 Å². The monoisotopic (exact) mass is 254 g/mol. The van der Waals surface area contributed by atoms with Gasteiger partial charge < -0.3 is 4.74 Å². The lowest BCUT2D eigenvalue weighted by Gasteiger charge is -2.19. The van der Waals surface area contributed by atoms with Crippen molar-refractivity contribution in [3.63, 3.8) is 0 Å². The molecular formula is C13H19ClN2O. The highest BCUT2D eigenvalue weighted by Gasteiger charge is 2.14. The molecule has 0 spiro atoms. The van der Waals surface area contributed by atoms with Crippen LogP contribution >= 0.6 is 11.6 Å². The highest BCUT2D eigenvalue weighted by molar-refractivity contribution is 6.30. The van der Waals surface area contributed by atoms with Crippen LogP contribution in [-0.2, 0) is 0 Å². The van der Waals surface area contributed by atoms with Crippen LogP contribution in [0.4, 0.5) is 0 Å². The molecule has 1 aromatic carbocycles. The Balaban J connectivity index is 2.85. The van der Waals surface area contributed by atoms with Gasteiger partial charge >= 0.3 is 0 Å². The molecule has 1 aromatic rings. The highest BCUT2D eigenvalue weighted by Crippen LogP contribution is 2.30. The van der Waals surface area contributed by atoms with E-state index in [-0.39, 0.29) is 6.04 Å². The normalized spacial score (nSPS) is 12.2. The minimum atomic E-state index is 0.0450. The summed E-state index contributed by atoms with van der Waals surface area (Å²) >= 11 is 6.00. The molecular weight excluding hydrogens is 236 g/mol. The van der Waals surface area contributed by atoms with Crippen molar-refractivity contribution in [3.05, 3.63) is 41.4 Å². The number of nitrogens with two attached hydrogens (primary N) is 1. The van der Waals surface area contributed by atoms with Gasteiger partial charge in [-0.25, -0.2) is 0 Å². The largest absolute Gasteiger partial charge is 0.496 e. The number of unbranched alkanes of at least 4 members (excludes halogenated alkanes) is 1. The van der Waals surface area contributed by atoms with Crippen LogP contribution in [0.15, 0.2) is 30.9 Å². The maximum Gasteiger partial charge on any atom is 0.123 e. The zero-order chi connectivity index (χ0) is 12.7. The van der Waals surface area contributed by atoms with Crippen molar-refractivity contribution < 1.29 is 4.74 Å². The van der Waals surface area contributed by atoms with Crippen LogP contribution in [0, 0.1) is 0 Å². The number of allylic oxidation sites excluding steroid dienone is 1. The second kappa shape index (κ2) is 7.33. The SMILES string of the molecule is C=CCCCC(NN)c1cc(Cl)ccc1OC. The summed E-state index contributed by atoms with van der Waals surface area (Å²) in [5.74, 6) is 6.39. The Morgan fingerprint density at radius 1 is 1.59 bits per heavy atom. The van der Waals surface area contributed by atoms with E-state index in [1.165, 1.54) is 0 Å². The van der Waals surface area contributed by atoms with Gasteiger partial charge in [0, 0.05) is 16.6 Å². The first-order valence-electron chi connectivity index (χ1n) is 5.63. The topological polar surface area (TPSA) is 47.3 Å². The first-order chi connectivity index (χ1) is 8.22. The fourth-order valence-corrected chi connectivity index (χ4v) is 1.95. The van der Waals surface area contributed by atoms with Gasteiger partial charge in [-0.1, -0.05) is 17.7 Å². The van der Waals surface area contributed by atoms with Crippen LogP contribution in [0.1, 0.15) is 30.9 Å². The fraction of sp³-hybridized carbons (Fsp3) is 0.385. The van der Waals surface area contributed by atoms with E-state index in [1.807, 2.05) is 18.2 Å². The Morgan fingerprint density at radius 2 is 2.35 bits per heavy atom. The first-order valence-corrected chi connectivity index (χ1v) is 6.01. The fourth-order valence-electron chi connectivity index (χ4n) is 1.77. The minimum absolute atomic E-state index is 0.0450. The van der Waals surface area contributed by atoms with E-state index >= 15 is 0 Å². The predicted octanol–water partition coefficient (Wildman–Crippen LogP) is 3.21. The van der Waals surface area contributed by atoms with Crippen LogP contribution in [0.5, 0.6) is 5.75 Å². The molecule has 0 aliphatic carbocycles. The second-order valence-electron chi connectivity index (χ2n) is 3.83. The molecule has 0 radical (unpaired) electrons. The van der Waals surface area contributed by atoms with Gasteiger partial charge in [0.25, 0.3) is 0 Å². The molecule has 4 heteroatoms. The zero-order valence-corrected chi connectivity index (χ0v) is 10.8. The number of benzene rings is 1. The van der Waals surface area contributed by atoms with E-state index in [9.17, 15) is 0 Å². The van der Waals surface area contributed by atoms with E-state index in [1.54, 1.807) is 13.2 Å². The van der Waals surface area contributed by atoms with Gasteiger partial charge in [0.1, 0.15) is 5.75 Å². The molecule has 3 N–H and O–H groups in total. The summed E-state index contributed by atoms with van der Waals surface area (Å²) in [6.07, 6.45) is 4.82. The highest BCUT2D eigenvalue weighted by atomic mass is 35.5. The van der Waals surface area contributed by atoms with Gasteiger partial charge in [0.05, 0.1) is 7.11 Å². The molecule has 0 saturated carbocycles. The quantitative estimate of drug-likeness (QED) is 0.340. The van der Waals surface area contributed by atoms with E-state index in [2.05, 4.69) is 12.0 Å². The van der Waals surface area contributed by atoms with Crippen molar-refractivity contribution in [2.75, 3.05) is 7.11 Å². The van der Waals surface area contributed by atoms with Crippen LogP contribution in [0.2, 0.25) is 5.02 Å². The lowest BCUT2D eigenvalue weighted by Crippen LogP contribution is -2.28. The summed E-state index contributed by atoms with van der Waals surface area (Å²) in [5.41, 5.74) is 3.80.